The first-order valence-electron chi connectivity index (χ1n) is 3.02. The van der Waals surface area contributed by atoms with Crippen LogP contribution in [0.5, 0.6) is 0 Å². The third kappa shape index (κ3) is 1.86. The maximum atomic E-state index is 6.64. The van der Waals surface area contributed by atoms with Crippen LogP contribution in [0.3, 0.4) is 0 Å². The largest absolute Gasteiger partial charge is 0.312 e. The van der Waals surface area contributed by atoms with Gasteiger partial charge in [0.05, 0.1) is 15.6 Å². The lowest BCUT2D eigenvalue weighted by Gasteiger charge is -1.97. The van der Waals surface area contributed by atoms with Crippen LogP contribution in [0.4, 0.5) is 0 Å². The van der Waals surface area contributed by atoms with Gasteiger partial charge in [0.2, 0.25) is 6.54 Å². The van der Waals surface area contributed by atoms with Gasteiger partial charge in [0.15, 0.2) is 0 Å². The van der Waals surface area contributed by atoms with Crippen molar-refractivity contribution in [3.05, 3.63) is 45.2 Å². The topological polar surface area (TPSA) is 4.36 Å². The molecule has 3 heteroatoms. The summed E-state index contributed by atoms with van der Waals surface area (Å²) in [5.74, 6) is 0. The molecule has 0 fully saturated rings. The fraction of sp³-hybridized carbons (Fsp3) is 0.125. The molecule has 1 aromatic rings. The lowest BCUT2D eigenvalue weighted by molar-refractivity contribution is 1.27. The highest BCUT2D eigenvalue weighted by Gasteiger charge is 2.06. The maximum Gasteiger partial charge on any atom is 0.242 e. The van der Waals surface area contributed by atoms with Crippen molar-refractivity contribution >= 4 is 23.2 Å². The van der Waals surface area contributed by atoms with E-state index in [-0.39, 0.29) is 6.54 Å². The zero-order valence-corrected chi connectivity index (χ0v) is 7.15. The Morgan fingerprint density at radius 1 is 1.27 bits per heavy atom. The predicted molar refractivity (Wildman–Crippen MR) is 46.8 cm³/mol. The standard InChI is InChI=1S/C8H5Cl2N/c1-11-5-6-7(9)3-2-4-8(6)10/h2-4H,5H2. The fourth-order valence-electron chi connectivity index (χ4n) is 0.762. The molecule has 0 heterocycles. The first-order valence-corrected chi connectivity index (χ1v) is 3.77. The van der Waals surface area contributed by atoms with Crippen molar-refractivity contribution < 1.29 is 0 Å². The van der Waals surface area contributed by atoms with Crippen LogP contribution in [-0.4, -0.2) is 0 Å². The molecule has 0 unspecified atom stereocenters. The molecule has 0 atom stereocenters. The SMILES string of the molecule is [C-]#[N+]Cc1c(Cl)cccc1Cl. The van der Waals surface area contributed by atoms with Gasteiger partial charge in [0, 0.05) is 0 Å². The van der Waals surface area contributed by atoms with Gasteiger partial charge in [0.25, 0.3) is 0 Å². The van der Waals surface area contributed by atoms with Crippen LogP contribution in [0.15, 0.2) is 18.2 Å². The minimum atomic E-state index is 0.249. The second-order valence-corrected chi connectivity index (χ2v) is 2.83. The van der Waals surface area contributed by atoms with Crippen LogP contribution in [0.1, 0.15) is 5.56 Å². The molecule has 0 amide bonds. The lowest BCUT2D eigenvalue weighted by Crippen LogP contribution is -1.82. The average molecular weight is 186 g/mol. The van der Waals surface area contributed by atoms with Gasteiger partial charge in [-0.05, 0) is 12.1 Å². The molecule has 1 nitrogen and oxygen atoms in total. The van der Waals surface area contributed by atoms with E-state index in [9.17, 15) is 0 Å². The summed E-state index contributed by atoms with van der Waals surface area (Å²) in [7, 11) is 0. The van der Waals surface area contributed by atoms with Crippen LogP contribution < -0.4 is 0 Å². The van der Waals surface area contributed by atoms with E-state index in [1.54, 1.807) is 18.2 Å². The van der Waals surface area contributed by atoms with Gasteiger partial charge in [-0.25, -0.2) is 6.57 Å². The van der Waals surface area contributed by atoms with Crippen molar-refractivity contribution in [2.45, 2.75) is 6.54 Å². The Morgan fingerprint density at radius 3 is 2.27 bits per heavy atom. The summed E-state index contributed by atoms with van der Waals surface area (Å²) in [5.41, 5.74) is 0.714. The third-order valence-electron chi connectivity index (χ3n) is 1.30. The summed E-state index contributed by atoms with van der Waals surface area (Å²) in [6, 6.07) is 5.22. The van der Waals surface area contributed by atoms with Crippen molar-refractivity contribution in [2.75, 3.05) is 0 Å². The monoisotopic (exact) mass is 185 g/mol. The summed E-state index contributed by atoms with van der Waals surface area (Å²) in [6.45, 7) is 6.89. The molecule has 0 aliphatic heterocycles. The van der Waals surface area contributed by atoms with Crippen molar-refractivity contribution in [3.8, 4) is 0 Å². The zero-order chi connectivity index (χ0) is 8.27. The van der Waals surface area contributed by atoms with Gasteiger partial charge in [0.1, 0.15) is 0 Å². The minimum absolute atomic E-state index is 0.249. The van der Waals surface area contributed by atoms with E-state index in [2.05, 4.69) is 4.85 Å². The number of nitrogens with zero attached hydrogens (tertiary/aromatic N) is 1. The summed E-state index contributed by atoms with van der Waals surface area (Å²) >= 11 is 11.6. The van der Waals surface area contributed by atoms with E-state index in [0.717, 1.165) is 0 Å². The van der Waals surface area contributed by atoms with Gasteiger partial charge < -0.3 is 4.85 Å². The average Bonchev–Trinajstić information content (AvgIpc) is 1.97. The molecule has 0 spiro atoms. The predicted octanol–water partition coefficient (Wildman–Crippen LogP) is 3.41. The first-order chi connectivity index (χ1) is 5.25. The molecule has 56 valence electrons. The van der Waals surface area contributed by atoms with Gasteiger partial charge in [-0.1, -0.05) is 29.3 Å². The molecular formula is C8H5Cl2N. The molecule has 0 aliphatic carbocycles. The van der Waals surface area contributed by atoms with Crippen LogP contribution in [-0.2, 0) is 6.54 Å². The van der Waals surface area contributed by atoms with Crippen molar-refractivity contribution in [3.63, 3.8) is 0 Å². The van der Waals surface area contributed by atoms with Crippen LogP contribution in [0.25, 0.3) is 4.85 Å². The Hall–Kier alpha value is -0.710. The van der Waals surface area contributed by atoms with E-state index in [0.29, 0.717) is 15.6 Å². The highest BCUT2D eigenvalue weighted by molar-refractivity contribution is 6.35. The maximum absolute atomic E-state index is 6.64. The molecule has 0 saturated carbocycles. The summed E-state index contributed by atoms with van der Waals surface area (Å²) < 4.78 is 0. The Bertz CT molecular complexity index is 281. The molecule has 0 bridgehead atoms. The first kappa shape index (κ1) is 8.39. The normalized spacial score (nSPS) is 9.18. The molecule has 1 aromatic carbocycles. The second-order valence-electron chi connectivity index (χ2n) is 2.02. The molecule has 0 N–H and O–H groups in total. The number of halogens is 2. The van der Waals surface area contributed by atoms with Crippen molar-refractivity contribution in [2.24, 2.45) is 0 Å². The molecule has 0 radical (unpaired) electrons. The second kappa shape index (κ2) is 3.61. The van der Waals surface area contributed by atoms with E-state index in [4.69, 9.17) is 29.8 Å². The fourth-order valence-corrected chi connectivity index (χ4v) is 1.28. The van der Waals surface area contributed by atoms with Crippen molar-refractivity contribution in [1.82, 2.24) is 0 Å². The lowest BCUT2D eigenvalue weighted by atomic mass is 10.2. The van der Waals surface area contributed by atoms with Crippen molar-refractivity contribution in [1.29, 1.82) is 0 Å². The highest BCUT2D eigenvalue weighted by atomic mass is 35.5. The highest BCUT2D eigenvalue weighted by Crippen LogP contribution is 2.24. The zero-order valence-electron chi connectivity index (χ0n) is 5.64. The van der Waals surface area contributed by atoms with Gasteiger partial charge in [-0.15, -0.1) is 0 Å². The number of hydrogen-bond acceptors (Lipinski definition) is 0. The molecule has 1 rings (SSSR count). The van der Waals surface area contributed by atoms with E-state index in [1.807, 2.05) is 0 Å². The third-order valence-corrected chi connectivity index (χ3v) is 2.01. The van der Waals surface area contributed by atoms with Crippen LogP contribution >= 0.6 is 23.2 Å². The summed E-state index contributed by atoms with van der Waals surface area (Å²) in [4.78, 5) is 3.21. The van der Waals surface area contributed by atoms with E-state index in [1.165, 1.54) is 0 Å². The van der Waals surface area contributed by atoms with E-state index < -0.39 is 0 Å². The summed E-state index contributed by atoms with van der Waals surface area (Å²) in [5, 5.41) is 1.13. The smallest absolute Gasteiger partial charge is 0.242 e. The molecule has 0 aliphatic rings. The van der Waals surface area contributed by atoms with E-state index >= 15 is 0 Å². The van der Waals surface area contributed by atoms with Crippen LogP contribution in [0.2, 0.25) is 10.0 Å². The van der Waals surface area contributed by atoms with Gasteiger partial charge in [-0.3, -0.25) is 0 Å². The Balaban J connectivity index is 3.12. The number of hydrogen-bond donors (Lipinski definition) is 0. The van der Waals surface area contributed by atoms with Gasteiger partial charge in [-0.2, -0.15) is 0 Å². The molecule has 0 aromatic heterocycles. The Kier molecular flexibility index (Phi) is 2.76. The Morgan fingerprint density at radius 2 is 1.82 bits per heavy atom. The molecular weight excluding hydrogens is 181 g/mol. The van der Waals surface area contributed by atoms with Gasteiger partial charge >= 0.3 is 0 Å². The number of benzene rings is 1. The van der Waals surface area contributed by atoms with Crippen LogP contribution in [0, 0.1) is 6.57 Å². The molecule has 11 heavy (non-hydrogen) atoms. The number of rotatable bonds is 1. The molecule has 0 saturated heterocycles. The minimum Gasteiger partial charge on any atom is -0.312 e. The quantitative estimate of drug-likeness (QED) is 0.592. The summed E-state index contributed by atoms with van der Waals surface area (Å²) in [6.07, 6.45) is 0. The Labute approximate surface area is 75.4 Å².